The molecule has 0 saturated heterocycles. The van der Waals surface area contributed by atoms with Gasteiger partial charge in [0, 0.05) is 18.1 Å². The Hall–Kier alpha value is -3.22. The molecule has 1 heterocycles. The van der Waals surface area contributed by atoms with Crippen molar-refractivity contribution in [3.63, 3.8) is 0 Å². The van der Waals surface area contributed by atoms with Crippen molar-refractivity contribution in [2.24, 2.45) is 0 Å². The summed E-state index contributed by atoms with van der Waals surface area (Å²) in [6.07, 6.45) is 2.86. The lowest BCUT2D eigenvalue weighted by Gasteiger charge is -2.06. The fourth-order valence-electron chi connectivity index (χ4n) is 1.59. The van der Waals surface area contributed by atoms with Crippen LogP contribution in [-0.4, -0.2) is 34.5 Å². The van der Waals surface area contributed by atoms with Gasteiger partial charge in [0.25, 0.3) is 5.91 Å². The van der Waals surface area contributed by atoms with Gasteiger partial charge in [-0.25, -0.2) is 9.59 Å². The second kappa shape index (κ2) is 6.98. The van der Waals surface area contributed by atoms with Crippen molar-refractivity contribution in [1.29, 1.82) is 0 Å². The highest BCUT2D eigenvalue weighted by atomic mass is 16.5. The number of carboxylic acids is 1. The molecule has 2 rings (SSSR count). The number of benzene rings is 1. The highest BCUT2D eigenvalue weighted by Gasteiger charge is 2.10. The minimum absolute atomic E-state index is 0.112. The lowest BCUT2D eigenvalue weighted by atomic mass is 10.2. The Morgan fingerprint density at radius 2 is 1.82 bits per heavy atom. The second-order valence-corrected chi connectivity index (χ2v) is 4.25. The number of ether oxygens (including phenoxy) is 1. The minimum atomic E-state index is -1.05. The van der Waals surface area contributed by atoms with Crippen LogP contribution >= 0.6 is 0 Å². The summed E-state index contributed by atoms with van der Waals surface area (Å²) in [5.41, 5.74) is 0.773. The van der Waals surface area contributed by atoms with Crippen molar-refractivity contribution >= 4 is 23.5 Å². The van der Waals surface area contributed by atoms with Gasteiger partial charge in [-0.1, -0.05) is 0 Å². The van der Waals surface area contributed by atoms with E-state index in [4.69, 9.17) is 9.84 Å². The quantitative estimate of drug-likeness (QED) is 0.812. The van der Waals surface area contributed by atoms with Crippen molar-refractivity contribution < 1.29 is 24.2 Å². The largest absolute Gasteiger partial charge is 0.478 e. The predicted molar refractivity (Wildman–Crippen MR) is 76.6 cm³/mol. The van der Waals surface area contributed by atoms with Crippen molar-refractivity contribution in [2.75, 3.05) is 11.9 Å². The highest BCUT2D eigenvalue weighted by Crippen LogP contribution is 2.09. The molecule has 0 aliphatic carbocycles. The summed E-state index contributed by atoms with van der Waals surface area (Å²) in [7, 11) is 0. The molecule has 0 spiro atoms. The van der Waals surface area contributed by atoms with E-state index in [9.17, 15) is 14.4 Å². The lowest BCUT2D eigenvalue weighted by molar-refractivity contribution is -0.119. The number of aromatic nitrogens is 1. The zero-order valence-electron chi connectivity index (χ0n) is 11.4. The molecule has 0 bridgehead atoms. The number of carbonyl (C=O) groups is 3. The molecule has 1 aromatic heterocycles. The van der Waals surface area contributed by atoms with E-state index in [2.05, 4.69) is 10.3 Å². The predicted octanol–water partition coefficient (Wildman–Crippen LogP) is 1.58. The fourth-order valence-corrected chi connectivity index (χ4v) is 1.59. The summed E-state index contributed by atoms with van der Waals surface area (Å²) in [5.74, 6) is -2.23. The maximum Gasteiger partial charge on any atom is 0.340 e. The van der Waals surface area contributed by atoms with E-state index in [1.807, 2.05) is 0 Å². The van der Waals surface area contributed by atoms with Gasteiger partial charge in [0.15, 0.2) is 6.61 Å². The van der Waals surface area contributed by atoms with Gasteiger partial charge in [0.05, 0.1) is 11.1 Å². The summed E-state index contributed by atoms with van der Waals surface area (Å²) in [6, 6.07) is 8.73. The smallest absolute Gasteiger partial charge is 0.340 e. The van der Waals surface area contributed by atoms with Crippen LogP contribution in [0.15, 0.2) is 48.8 Å². The first-order valence-corrected chi connectivity index (χ1v) is 6.26. The summed E-state index contributed by atoms with van der Waals surface area (Å²) in [5, 5.41) is 11.3. The maximum atomic E-state index is 11.6. The first-order chi connectivity index (χ1) is 10.6. The van der Waals surface area contributed by atoms with Crippen LogP contribution < -0.4 is 5.32 Å². The minimum Gasteiger partial charge on any atom is -0.478 e. The number of rotatable bonds is 5. The third-order valence-corrected chi connectivity index (χ3v) is 2.65. The number of hydrogen-bond acceptors (Lipinski definition) is 5. The van der Waals surface area contributed by atoms with Crippen LogP contribution in [0.5, 0.6) is 0 Å². The van der Waals surface area contributed by atoms with Crippen molar-refractivity contribution in [2.45, 2.75) is 0 Å². The number of nitrogens with one attached hydrogen (secondary N) is 1. The molecule has 0 aliphatic rings. The number of carbonyl (C=O) groups excluding carboxylic acids is 2. The number of esters is 1. The van der Waals surface area contributed by atoms with Crippen LogP contribution in [0.3, 0.4) is 0 Å². The Bertz CT molecular complexity index is 683. The maximum absolute atomic E-state index is 11.6. The van der Waals surface area contributed by atoms with E-state index >= 15 is 0 Å². The van der Waals surface area contributed by atoms with E-state index < -0.39 is 24.5 Å². The van der Waals surface area contributed by atoms with Crippen molar-refractivity contribution in [1.82, 2.24) is 4.98 Å². The van der Waals surface area contributed by atoms with E-state index in [0.29, 0.717) is 5.69 Å². The molecule has 0 aliphatic heterocycles. The Morgan fingerprint density at radius 3 is 2.41 bits per heavy atom. The first-order valence-electron chi connectivity index (χ1n) is 6.26. The second-order valence-electron chi connectivity index (χ2n) is 4.25. The van der Waals surface area contributed by atoms with Gasteiger partial charge >= 0.3 is 11.9 Å². The Kier molecular flexibility index (Phi) is 4.81. The average molecular weight is 300 g/mol. The molecule has 0 saturated carbocycles. The molecular formula is C15H12N2O5. The number of pyridine rings is 1. The fraction of sp³-hybridized carbons (Fsp3) is 0.0667. The van der Waals surface area contributed by atoms with Crippen LogP contribution in [0.25, 0.3) is 0 Å². The van der Waals surface area contributed by atoms with Gasteiger partial charge in [0.2, 0.25) is 0 Å². The highest BCUT2D eigenvalue weighted by molar-refractivity contribution is 5.95. The molecule has 1 aromatic carbocycles. The van der Waals surface area contributed by atoms with Gasteiger partial charge in [-0.2, -0.15) is 0 Å². The SMILES string of the molecule is O=C(COC(=O)c1cccnc1)Nc1ccc(C(=O)O)cc1. The zero-order valence-corrected chi connectivity index (χ0v) is 11.4. The van der Waals surface area contributed by atoms with Gasteiger partial charge < -0.3 is 15.2 Å². The molecule has 2 aromatic rings. The number of anilines is 1. The molecule has 112 valence electrons. The van der Waals surface area contributed by atoms with Crippen LogP contribution in [0, 0.1) is 0 Å². The number of carboxylic acid groups (broad SMARTS) is 1. The van der Waals surface area contributed by atoms with Gasteiger partial charge in [0.1, 0.15) is 0 Å². The van der Waals surface area contributed by atoms with Crippen LogP contribution in [0.4, 0.5) is 5.69 Å². The Labute approximate surface area is 125 Å². The molecule has 22 heavy (non-hydrogen) atoms. The number of nitrogens with zero attached hydrogens (tertiary/aromatic N) is 1. The van der Waals surface area contributed by atoms with Gasteiger partial charge in [-0.05, 0) is 36.4 Å². The summed E-state index contributed by atoms with van der Waals surface area (Å²) in [4.78, 5) is 37.7. The van der Waals surface area contributed by atoms with Crippen molar-refractivity contribution in [3.05, 3.63) is 59.9 Å². The molecule has 7 heteroatoms. The molecule has 0 atom stereocenters. The van der Waals surface area contributed by atoms with E-state index in [0.717, 1.165) is 0 Å². The molecule has 0 fully saturated rings. The Morgan fingerprint density at radius 1 is 1.09 bits per heavy atom. The molecule has 0 unspecified atom stereocenters. The van der Waals surface area contributed by atoms with Gasteiger partial charge in [-0.3, -0.25) is 9.78 Å². The summed E-state index contributed by atoms with van der Waals surface area (Å²) in [6.45, 7) is -0.450. The van der Waals surface area contributed by atoms with E-state index in [1.54, 1.807) is 6.07 Å². The lowest BCUT2D eigenvalue weighted by Crippen LogP contribution is -2.21. The third-order valence-electron chi connectivity index (χ3n) is 2.65. The average Bonchev–Trinajstić information content (AvgIpc) is 2.54. The number of amides is 1. The van der Waals surface area contributed by atoms with Crippen LogP contribution in [-0.2, 0) is 9.53 Å². The topological polar surface area (TPSA) is 106 Å². The molecule has 2 N–H and O–H groups in total. The summed E-state index contributed by atoms with van der Waals surface area (Å²) >= 11 is 0. The van der Waals surface area contributed by atoms with Gasteiger partial charge in [-0.15, -0.1) is 0 Å². The number of hydrogen-bond donors (Lipinski definition) is 2. The summed E-state index contributed by atoms with van der Waals surface area (Å²) < 4.78 is 4.84. The van der Waals surface area contributed by atoms with Crippen LogP contribution in [0.2, 0.25) is 0 Å². The normalized spacial score (nSPS) is 9.82. The molecule has 1 amide bonds. The van der Waals surface area contributed by atoms with E-state index in [-0.39, 0.29) is 11.1 Å². The monoisotopic (exact) mass is 300 g/mol. The first kappa shape index (κ1) is 15.2. The standard InChI is InChI=1S/C15H12N2O5/c18-13(9-22-15(21)11-2-1-7-16-8-11)17-12-5-3-10(4-6-12)14(19)20/h1-8H,9H2,(H,17,18)(H,19,20). The van der Waals surface area contributed by atoms with E-state index in [1.165, 1.54) is 42.7 Å². The molecule has 7 nitrogen and oxygen atoms in total. The zero-order chi connectivity index (χ0) is 15.9. The third kappa shape index (κ3) is 4.14. The van der Waals surface area contributed by atoms with Crippen LogP contribution in [0.1, 0.15) is 20.7 Å². The molecule has 0 radical (unpaired) electrons. The number of aromatic carboxylic acids is 1. The molecular weight excluding hydrogens is 288 g/mol. The Balaban J connectivity index is 1.85. The van der Waals surface area contributed by atoms with Crippen molar-refractivity contribution in [3.8, 4) is 0 Å².